The summed E-state index contributed by atoms with van der Waals surface area (Å²) in [5, 5.41) is 6.87. The molecule has 1 saturated carbocycles. The van der Waals surface area contributed by atoms with Gasteiger partial charge in [0.15, 0.2) is 0 Å². The van der Waals surface area contributed by atoms with Crippen LogP contribution in [0.5, 0.6) is 0 Å². The maximum absolute atomic E-state index is 5.73. The van der Waals surface area contributed by atoms with Gasteiger partial charge in [0.2, 0.25) is 0 Å². The van der Waals surface area contributed by atoms with Crippen molar-refractivity contribution in [3.05, 3.63) is 16.1 Å². The second kappa shape index (κ2) is 5.04. The van der Waals surface area contributed by atoms with Crippen molar-refractivity contribution in [2.45, 2.75) is 52.8 Å². The van der Waals surface area contributed by atoms with Crippen molar-refractivity contribution in [1.29, 1.82) is 0 Å². The zero-order valence-corrected chi connectivity index (χ0v) is 11.9. The first-order chi connectivity index (χ1) is 8.04. The van der Waals surface area contributed by atoms with E-state index in [9.17, 15) is 0 Å². The maximum Gasteiger partial charge on any atom is 0.0897 e. The predicted molar refractivity (Wildman–Crippen MR) is 71.3 cm³/mol. The number of hydrogen-bond acceptors (Lipinski definition) is 4. The Morgan fingerprint density at radius 2 is 2.35 bits per heavy atom. The van der Waals surface area contributed by atoms with E-state index < -0.39 is 0 Å². The Kier molecular flexibility index (Phi) is 3.85. The van der Waals surface area contributed by atoms with Crippen molar-refractivity contribution in [3.8, 4) is 0 Å². The smallest absolute Gasteiger partial charge is 0.0897 e. The van der Waals surface area contributed by atoms with Crippen LogP contribution in [0.3, 0.4) is 0 Å². The van der Waals surface area contributed by atoms with Crippen LogP contribution in [0.25, 0.3) is 0 Å². The molecule has 2 rings (SSSR count). The van der Waals surface area contributed by atoms with E-state index in [1.807, 2.05) is 6.92 Å². The highest BCUT2D eigenvalue weighted by atomic mass is 32.1. The molecule has 2 unspecified atom stereocenters. The number of ether oxygens (including phenoxy) is 1. The third-order valence-electron chi connectivity index (χ3n) is 3.74. The summed E-state index contributed by atoms with van der Waals surface area (Å²) in [5.41, 5.74) is 1.39. The Morgan fingerprint density at radius 1 is 1.59 bits per heavy atom. The maximum atomic E-state index is 5.73. The number of aryl methyl sites for hydroxylation is 1. The molecule has 1 aromatic rings. The van der Waals surface area contributed by atoms with Crippen molar-refractivity contribution >= 4 is 11.3 Å². The molecule has 1 heterocycles. The highest BCUT2D eigenvalue weighted by Crippen LogP contribution is 2.42. The molecule has 1 N–H and O–H groups in total. The van der Waals surface area contributed by atoms with Crippen LogP contribution in [0.4, 0.5) is 0 Å². The van der Waals surface area contributed by atoms with Gasteiger partial charge in [0.1, 0.15) is 0 Å². The lowest BCUT2D eigenvalue weighted by Crippen LogP contribution is -2.60. The summed E-state index contributed by atoms with van der Waals surface area (Å²) in [7, 11) is 0. The molecule has 0 amide bonds. The third-order valence-corrected chi connectivity index (χ3v) is 4.56. The zero-order valence-electron chi connectivity index (χ0n) is 11.1. The predicted octanol–water partition coefficient (Wildman–Crippen LogP) is 2.74. The van der Waals surface area contributed by atoms with Gasteiger partial charge in [-0.2, -0.15) is 0 Å². The summed E-state index contributed by atoms with van der Waals surface area (Å²) in [5.74, 6) is 0. The Labute approximate surface area is 108 Å². The average Bonchev–Trinajstić information content (AvgIpc) is 2.68. The average molecular weight is 254 g/mol. The summed E-state index contributed by atoms with van der Waals surface area (Å²) in [4.78, 5) is 4.47. The molecule has 0 aromatic carbocycles. The fourth-order valence-corrected chi connectivity index (χ4v) is 3.05. The van der Waals surface area contributed by atoms with Gasteiger partial charge in [0.05, 0.1) is 16.8 Å². The summed E-state index contributed by atoms with van der Waals surface area (Å²) in [6.07, 6.45) is 1.52. The van der Waals surface area contributed by atoms with Crippen molar-refractivity contribution in [1.82, 2.24) is 10.3 Å². The molecular weight excluding hydrogens is 232 g/mol. The molecular formula is C13H22N2OS. The molecule has 0 spiro atoms. The zero-order chi connectivity index (χ0) is 12.5. The second-order valence-electron chi connectivity index (χ2n) is 5.29. The fraction of sp³-hybridized carbons (Fsp3) is 0.769. The lowest BCUT2D eigenvalue weighted by molar-refractivity contribution is -0.114. The normalized spacial score (nSPS) is 26.8. The standard InChI is InChI=1S/C13H22N2OS/c1-5-16-12-6-11(13(12,3)4)14-7-10-8-17-9(2)15-10/h8,11-12,14H,5-7H2,1-4H3. The van der Waals surface area contributed by atoms with Gasteiger partial charge in [-0.15, -0.1) is 11.3 Å². The molecule has 1 aliphatic rings. The number of thiazole rings is 1. The molecule has 0 aliphatic heterocycles. The van der Waals surface area contributed by atoms with Crippen LogP contribution in [0.15, 0.2) is 5.38 Å². The molecule has 0 radical (unpaired) electrons. The Morgan fingerprint density at radius 3 is 2.88 bits per heavy atom. The first-order valence-electron chi connectivity index (χ1n) is 6.30. The van der Waals surface area contributed by atoms with Crippen LogP contribution < -0.4 is 5.32 Å². The van der Waals surface area contributed by atoms with Gasteiger partial charge in [-0.3, -0.25) is 0 Å². The van der Waals surface area contributed by atoms with E-state index in [-0.39, 0.29) is 5.41 Å². The van der Waals surface area contributed by atoms with Crippen molar-refractivity contribution in [3.63, 3.8) is 0 Å². The van der Waals surface area contributed by atoms with Gasteiger partial charge in [-0.25, -0.2) is 4.98 Å². The first-order valence-corrected chi connectivity index (χ1v) is 7.18. The SMILES string of the molecule is CCOC1CC(NCc2csc(C)n2)C1(C)C. The monoisotopic (exact) mass is 254 g/mol. The Balaban J connectivity index is 1.82. The minimum absolute atomic E-state index is 0.237. The molecule has 0 saturated heterocycles. The van der Waals surface area contributed by atoms with E-state index in [4.69, 9.17) is 4.74 Å². The topological polar surface area (TPSA) is 34.1 Å². The van der Waals surface area contributed by atoms with Crippen LogP contribution in [-0.4, -0.2) is 23.7 Å². The van der Waals surface area contributed by atoms with E-state index in [0.29, 0.717) is 12.1 Å². The highest BCUT2D eigenvalue weighted by molar-refractivity contribution is 7.09. The minimum atomic E-state index is 0.237. The quantitative estimate of drug-likeness (QED) is 0.877. The molecule has 1 aromatic heterocycles. The largest absolute Gasteiger partial charge is 0.378 e. The van der Waals surface area contributed by atoms with E-state index in [2.05, 4.69) is 36.5 Å². The lowest BCUT2D eigenvalue weighted by atomic mass is 9.64. The van der Waals surface area contributed by atoms with E-state index >= 15 is 0 Å². The molecule has 3 nitrogen and oxygen atoms in total. The van der Waals surface area contributed by atoms with Gasteiger partial charge < -0.3 is 10.1 Å². The van der Waals surface area contributed by atoms with Gasteiger partial charge in [-0.05, 0) is 20.3 Å². The number of aromatic nitrogens is 1. The number of nitrogens with zero attached hydrogens (tertiary/aromatic N) is 1. The summed E-state index contributed by atoms with van der Waals surface area (Å²) in [6.45, 7) is 10.4. The molecule has 96 valence electrons. The molecule has 17 heavy (non-hydrogen) atoms. The summed E-state index contributed by atoms with van der Waals surface area (Å²) < 4.78 is 5.73. The van der Waals surface area contributed by atoms with Gasteiger partial charge in [-0.1, -0.05) is 13.8 Å². The first kappa shape index (κ1) is 13.0. The van der Waals surface area contributed by atoms with Gasteiger partial charge >= 0.3 is 0 Å². The van der Waals surface area contributed by atoms with Crippen molar-refractivity contribution in [2.75, 3.05) is 6.61 Å². The number of nitrogens with one attached hydrogen (secondary N) is 1. The summed E-state index contributed by atoms with van der Waals surface area (Å²) in [6, 6.07) is 0.543. The highest BCUT2D eigenvalue weighted by Gasteiger charge is 2.48. The minimum Gasteiger partial charge on any atom is -0.378 e. The molecule has 0 bridgehead atoms. The fourth-order valence-electron chi connectivity index (χ4n) is 2.43. The van der Waals surface area contributed by atoms with Gasteiger partial charge in [0.25, 0.3) is 0 Å². The number of hydrogen-bond donors (Lipinski definition) is 1. The van der Waals surface area contributed by atoms with Crippen LogP contribution in [0.1, 0.15) is 37.9 Å². The van der Waals surface area contributed by atoms with Crippen LogP contribution in [0.2, 0.25) is 0 Å². The molecule has 1 fully saturated rings. The van der Waals surface area contributed by atoms with E-state index in [1.54, 1.807) is 11.3 Å². The van der Waals surface area contributed by atoms with Crippen molar-refractivity contribution in [2.24, 2.45) is 5.41 Å². The second-order valence-corrected chi connectivity index (χ2v) is 6.35. The van der Waals surface area contributed by atoms with E-state index in [0.717, 1.165) is 30.3 Å². The third kappa shape index (κ3) is 2.69. The molecule has 4 heteroatoms. The van der Waals surface area contributed by atoms with Crippen LogP contribution >= 0.6 is 11.3 Å². The lowest BCUT2D eigenvalue weighted by Gasteiger charge is -2.51. The van der Waals surface area contributed by atoms with Crippen LogP contribution in [0, 0.1) is 12.3 Å². The molecule has 2 atom stereocenters. The Hall–Kier alpha value is -0.450. The molecule has 1 aliphatic carbocycles. The number of rotatable bonds is 5. The van der Waals surface area contributed by atoms with Gasteiger partial charge in [0, 0.05) is 30.0 Å². The van der Waals surface area contributed by atoms with Crippen molar-refractivity contribution < 1.29 is 4.74 Å². The Bertz CT molecular complexity index is 375. The van der Waals surface area contributed by atoms with Crippen LogP contribution in [-0.2, 0) is 11.3 Å². The summed E-state index contributed by atoms with van der Waals surface area (Å²) >= 11 is 1.71. The van der Waals surface area contributed by atoms with E-state index in [1.165, 1.54) is 0 Å².